The molecule has 1 aromatic carbocycles. The van der Waals surface area contributed by atoms with Crippen LogP contribution in [0.3, 0.4) is 0 Å². The Morgan fingerprint density at radius 1 is 1.35 bits per heavy atom. The summed E-state index contributed by atoms with van der Waals surface area (Å²) in [5, 5.41) is 2.41. The van der Waals surface area contributed by atoms with Crippen LogP contribution in [0.4, 0.5) is 5.13 Å². The summed E-state index contributed by atoms with van der Waals surface area (Å²) in [5.41, 5.74) is 7.91. The third-order valence-electron chi connectivity index (χ3n) is 3.96. The molecule has 3 heterocycles. The van der Waals surface area contributed by atoms with Gasteiger partial charge in [-0.1, -0.05) is 23.2 Å². The van der Waals surface area contributed by atoms with Crippen LogP contribution in [-0.2, 0) is 13.0 Å². The van der Waals surface area contributed by atoms with Crippen molar-refractivity contribution >= 4 is 56.5 Å². The summed E-state index contributed by atoms with van der Waals surface area (Å²) in [4.78, 5) is 23.0. The van der Waals surface area contributed by atoms with Gasteiger partial charge in [-0.15, -0.1) is 11.3 Å². The summed E-state index contributed by atoms with van der Waals surface area (Å²) in [7, 11) is 0. The lowest BCUT2D eigenvalue weighted by Crippen LogP contribution is -2.35. The second-order valence-electron chi connectivity index (χ2n) is 5.40. The second-order valence-corrected chi connectivity index (χ2v) is 7.33. The van der Waals surface area contributed by atoms with E-state index in [1.54, 1.807) is 23.1 Å². The van der Waals surface area contributed by atoms with Gasteiger partial charge < -0.3 is 15.6 Å². The van der Waals surface area contributed by atoms with Crippen LogP contribution in [0.2, 0.25) is 10.0 Å². The molecule has 1 aliphatic rings. The van der Waals surface area contributed by atoms with Crippen molar-refractivity contribution in [3.63, 3.8) is 0 Å². The van der Waals surface area contributed by atoms with Crippen molar-refractivity contribution in [3.8, 4) is 0 Å². The predicted molar refractivity (Wildman–Crippen MR) is 93.3 cm³/mol. The van der Waals surface area contributed by atoms with E-state index in [-0.39, 0.29) is 5.91 Å². The molecule has 0 saturated heterocycles. The standard InChI is InChI=1S/C15H12Cl2N4OS/c16-8-1-2-9(17)13-7(8)5-11(19-13)14(22)21-4-3-10-12(6-21)23-15(18)20-10/h1-2,5,19H,3-4,6H2,(H2,18,20). The maximum Gasteiger partial charge on any atom is 0.270 e. The first-order valence-electron chi connectivity index (χ1n) is 7.03. The fourth-order valence-corrected chi connectivity index (χ4v) is 4.14. The van der Waals surface area contributed by atoms with Gasteiger partial charge in [0, 0.05) is 23.2 Å². The number of aromatic amines is 1. The molecule has 0 fully saturated rings. The molecule has 5 nitrogen and oxygen atoms in total. The molecule has 0 saturated carbocycles. The Balaban J connectivity index is 1.67. The van der Waals surface area contributed by atoms with Gasteiger partial charge >= 0.3 is 0 Å². The number of thiazole rings is 1. The zero-order valence-corrected chi connectivity index (χ0v) is 14.2. The van der Waals surface area contributed by atoms with Gasteiger partial charge in [-0.05, 0) is 18.2 Å². The lowest BCUT2D eigenvalue weighted by atomic mass is 10.1. The monoisotopic (exact) mass is 366 g/mol. The number of nitrogens with zero attached hydrogens (tertiary/aromatic N) is 2. The number of hydrogen-bond acceptors (Lipinski definition) is 4. The molecular formula is C15H12Cl2N4OS. The maximum absolute atomic E-state index is 12.8. The molecule has 1 amide bonds. The molecule has 3 aromatic rings. The lowest BCUT2D eigenvalue weighted by molar-refractivity contribution is 0.0731. The van der Waals surface area contributed by atoms with Crippen molar-refractivity contribution in [2.24, 2.45) is 0 Å². The Morgan fingerprint density at radius 2 is 2.13 bits per heavy atom. The molecule has 23 heavy (non-hydrogen) atoms. The van der Waals surface area contributed by atoms with Crippen molar-refractivity contribution in [2.45, 2.75) is 13.0 Å². The van der Waals surface area contributed by atoms with E-state index in [4.69, 9.17) is 28.9 Å². The molecule has 0 radical (unpaired) electrons. The SMILES string of the molecule is Nc1nc2c(s1)CN(C(=O)c1cc3c(Cl)ccc(Cl)c3[nH]1)CC2. The number of carbonyl (C=O) groups excluding carboxylic acids is 1. The lowest BCUT2D eigenvalue weighted by Gasteiger charge is -2.25. The molecule has 0 unspecified atom stereocenters. The third-order valence-corrected chi connectivity index (χ3v) is 5.51. The fourth-order valence-electron chi connectivity index (χ4n) is 2.83. The van der Waals surface area contributed by atoms with Crippen LogP contribution in [-0.4, -0.2) is 27.3 Å². The topological polar surface area (TPSA) is 75.0 Å². The van der Waals surface area contributed by atoms with Crippen molar-refractivity contribution in [3.05, 3.63) is 44.5 Å². The molecule has 118 valence electrons. The summed E-state index contributed by atoms with van der Waals surface area (Å²) in [6.07, 6.45) is 0.719. The van der Waals surface area contributed by atoms with E-state index in [1.807, 2.05) is 0 Å². The minimum absolute atomic E-state index is 0.0778. The maximum atomic E-state index is 12.8. The summed E-state index contributed by atoms with van der Waals surface area (Å²) in [6, 6.07) is 5.19. The zero-order valence-electron chi connectivity index (χ0n) is 11.9. The summed E-state index contributed by atoms with van der Waals surface area (Å²) < 4.78 is 0. The number of amides is 1. The zero-order chi connectivity index (χ0) is 16.1. The highest BCUT2D eigenvalue weighted by Gasteiger charge is 2.26. The molecule has 1 aliphatic heterocycles. The van der Waals surface area contributed by atoms with Crippen molar-refractivity contribution < 1.29 is 4.79 Å². The normalized spacial score (nSPS) is 14.3. The van der Waals surface area contributed by atoms with Gasteiger partial charge in [0.1, 0.15) is 5.69 Å². The van der Waals surface area contributed by atoms with Crippen molar-refractivity contribution in [1.29, 1.82) is 0 Å². The van der Waals surface area contributed by atoms with Crippen molar-refractivity contribution in [1.82, 2.24) is 14.9 Å². The highest BCUT2D eigenvalue weighted by molar-refractivity contribution is 7.15. The number of benzene rings is 1. The van der Waals surface area contributed by atoms with E-state index in [1.165, 1.54) is 11.3 Å². The van der Waals surface area contributed by atoms with Crippen LogP contribution in [0.5, 0.6) is 0 Å². The fraction of sp³-hybridized carbons (Fsp3) is 0.200. The molecule has 3 N–H and O–H groups in total. The van der Waals surface area contributed by atoms with Gasteiger partial charge in [-0.3, -0.25) is 4.79 Å². The number of nitrogen functional groups attached to an aromatic ring is 1. The van der Waals surface area contributed by atoms with Crippen LogP contribution < -0.4 is 5.73 Å². The number of nitrogens with two attached hydrogens (primary N) is 1. The van der Waals surface area contributed by atoms with Gasteiger partial charge in [-0.2, -0.15) is 0 Å². The Hall–Kier alpha value is -1.76. The number of rotatable bonds is 1. The van der Waals surface area contributed by atoms with Crippen molar-refractivity contribution in [2.75, 3.05) is 12.3 Å². The first-order valence-corrected chi connectivity index (χ1v) is 8.60. The van der Waals surface area contributed by atoms with Gasteiger partial charge in [0.2, 0.25) is 0 Å². The Labute approximate surface area is 146 Å². The number of carbonyl (C=O) groups is 1. The number of halogens is 2. The molecular weight excluding hydrogens is 355 g/mol. The Kier molecular flexibility index (Phi) is 3.48. The average molecular weight is 367 g/mol. The second kappa shape index (κ2) is 5.40. The van der Waals surface area contributed by atoms with Gasteiger partial charge in [0.25, 0.3) is 5.91 Å². The number of nitrogens with one attached hydrogen (secondary N) is 1. The number of hydrogen-bond donors (Lipinski definition) is 2. The highest BCUT2D eigenvalue weighted by atomic mass is 35.5. The summed E-state index contributed by atoms with van der Waals surface area (Å²) in [5.74, 6) is -0.0778. The molecule has 0 atom stereocenters. The van der Waals surface area contributed by atoms with Gasteiger partial charge in [0.15, 0.2) is 5.13 Å². The number of fused-ring (bicyclic) bond motifs is 2. The van der Waals surface area contributed by atoms with Gasteiger partial charge in [-0.25, -0.2) is 4.98 Å². The van der Waals surface area contributed by atoms with Crippen LogP contribution in [0.15, 0.2) is 18.2 Å². The Bertz CT molecular complexity index is 894. The number of aromatic nitrogens is 2. The highest BCUT2D eigenvalue weighted by Crippen LogP contribution is 2.31. The van der Waals surface area contributed by atoms with Crippen LogP contribution in [0.1, 0.15) is 21.1 Å². The molecule has 8 heteroatoms. The van der Waals surface area contributed by atoms with E-state index < -0.39 is 0 Å². The van der Waals surface area contributed by atoms with E-state index >= 15 is 0 Å². The van der Waals surface area contributed by atoms with Crippen LogP contribution in [0, 0.1) is 0 Å². The van der Waals surface area contributed by atoms with Crippen LogP contribution in [0.25, 0.3) is 10.9 Å². The summed E-state index contributed by atoms with van der Waals surface area (Å²) in [6.45, 7) is 1.14. The first-order chi connectivity index (χ1) is 11.0. The molecule has 0 spiro atoms. The minimum Gasteiger partial charge on any atom is -0.375 e. The quantitative estimate of drug-likeness (QED) is 0.689. The summed E-state index contributed by atoms with van der Waals surface area (Å²) >= 11 is 13.8. The predicted octanol–water partition coefficient (Wildman–Crippen LogP) is 3.71. The average Bonchev–Trinajstić information content (AvgIpc) is 3.13. The number of H-pyrrole nitrogens is 1. The number of anilines is 1. The van der Waals surface area contributed by atoms with Crippen LogP contribution >= 0.6 is 34.5 Å². The molecule has 0 aliphatic carbocycles. The minimum atomic E-state index is -0.0778. The van der Waals surface area contributed by atoms with E-state index in [9.17, 15) is 4.79 Å². The van der Waals surface area contributed by atoms with Gasteiger partial charge in [0.05, 0.1) is 27.8 Å². The first kappa shape index (κ1) is 14.8. The van der Waals surface area contributed by atoms with E-state index in [2.05, 4.69) is 9.97 Å². The van der Waals surface area contributed by atoms with E-state index in [0.717, 1.165) is 22.4 Å². The smallest absolute Gasteiger partial charge is 0.270 e. The third kappa shape index (κ3) is 2.47. The molecule has 2 aromatic heterocycles. The Morgan fingerprint density at radius 3 is 2.91 bits per heavy atom. The molecule has 4 rings (SSSR count). The molecule has 0 bridgehead atoms. The van der Waals surface area contributed by atoms with E-state index in [0.29, 0.717) is 39.5 Å². The largest absolute Gasteiger partial charge is 0.375 e.